The number of Topliss-reactive ketones (excluding diaryl/α,β-unsaturated/α-hetero) is 1. The van der Waals surface area contributed by atoms with Crippen molar-refractivity contribution in [2.24, 2.45) is 22.7 Å². The summed E-state index contributed by atoms with van der Waals surface area (Å²) in [5, 5.41) is 0. The second-order valence-electron chi connectivity index (χ2n) is 5.97. The van der Waals surface area contributed by atoms with E-state index in [1.165, 1.54) is 6.92 Å². The van der Waals surface area contributed by atoms with Gasteiger partial charge in [-0.05, 0) is 24.2 Å². The monoisotopic (exact) mass is 224 g/mol. The summed E-state index contributed by atoms with van der Waals surface area (Å²) in [5.41, 5.74) is -0.155. The van der Waals surface area contributed by atoms with Crippen molar-refractivity contribution < 1.29 is 14.3 Å². The van der Waals surface area contributed by atoms with Gasteiger partial charge < -0.3 is 4.74 Å². The van der Waals surface area contributed by atoms with Crippen molar-refractivity contribution in [3.05, 3.63) is 0 Å². The fraction of sp³-hybridized carbons (Fsp3) is 0.846. The lowest BCUT2D eigenvalue weighted by molar-refractivity contribution is -0.145. The quantitative estimate of drug-likeness (QED) is 0.675. The maximum absolute atomic E-state index is 12.3. The second kappa shape index (κ2) is 3.31. The highest BCUT2D eigenvalue weighted by atomic mass is 16.5. The van der Waals surface area contributed by atoms with Crippen LogP contribution in [0.4, 0.5) is 0 Å². The maximum atomic E-state index is 12.3. The molecule has 2 bridgehead atoms. The average Bonchev–Trinajstić information content (AvgIpc) is 2.47. The molecular weight excluding hydrogens is 204 g/mol. The molecule has 0 heterocycles. The van der Waals surface area contributed by atoms with E-state index in [-0.39, 0.29) is 29.3 Å². The molecule has 2 rings (SSSR count). The summed E-state index contributed by atoms with van der Waals surface area (Å²) in [4.78, 5) is 23.1. The molecule has 0 aromatic rings. The largest absolute Gasteiger partial charge is 0.465 e. The van der Waals surface area contributed by atoms with Crippen LogP contribution >= 0.6 is 0 Å². The van der Waals surface area contributed by atoms with E-state index in [4.69, 9.17) is 4.74 Å². The van der Waals surface area contributed by atoms with E-state index in [2.05, 4.69) is 20.8 Å². The standard InChI is InChI=1S/C13H20O3/c1-8(14)16-7-9-10-5-6-13(4,11(9)15)12(10,2)3/h9-10H,5-7H2,1-4H3/t9-,10+,13-/m0/s1. The third kappa shape index (κ3) is 1.26. The summed E-state index contributed by atoms with van der Waals surface area (Å²) in [7, 11) is 0. The van der Waals surface area contributed by atoms with Crippen molar-refractivity contribution in [2.45, 2.75) is 40.5 Å². The lowest BCUT2D eigenvalue weighted by atomic mass is 9.70. The van der Waals surface area contributed by atoms with Crippen LogP contribution < -0.4 is 0 Å². The van der Waals surface area contributed by atoms with E-state index in [1.54, 1.807) is 0 Å². The molecule has 90 valence electrons. The first-order chi connectivity index (χ1) is 7.30. The van der Waals surface area contributed by atoms with E-state index in [0.717, 1.165) is 12.8 Å². The van der Waals surface area contributed by atoms with Gasteiger partial charge in [0.15, 0.2) is 0 Å². The zero-order chi connectivity index (χ0) is 12.1. The van der Waals surface area contributed by atoms with Gasteiger partial charge in [0.25, 0.3) is 0 Å². The Morgan fingerprint density at radius 1 is 1.44 bits per heavy atom. The fourth-order valence-corrected chi connectivity index (χ4v) is 3.67. The number of carbonyl (C=O) groups excluding carboxylic acids is 2. The Morgan fingerprint density at radius 2 is 2.06 bits per heavy atom. The number of carbonyl (C=O) groups is 2. The minimum atomic E-state index is -0.293. The maximum Gasteiger partial charge on any atom is 0.302 e. The molecular formula is C13H20O3. The molecule has 3 heteroatoms. The first-order valence-corrected chi connectivity index (χ1v) is 5.98. The smallest absolute Gasteiger partial charge is 0.302 e. The van der Waals surface area contributed by atoms with Gasteiger partial charge in [-0.1, -0.05) is 20.8 Å². The second-order valence-corrected chi connectivity index (χ2v) is 5.97. The highest BCUT2D eigenvalue weighted by Gasteiger charge is 2.66. The van der Waals surface area contributed by atoms with Crippen LogP contribution in [0, 0.1) is 22.7 Å². The van der Waals surface area contributed by atoms with Gasteiger partial charge in [0.05, 0.1) is 5.92 Å². The summed E-state index contributed by atoms with van der Waals surface area (Å²) >= 11 is 0. The number of fused-ring (bicyclic) bond motifs is 2. The predicted molar refractivity (Wildman–Crippen MR) is 59.7 cm³/mol. The van der Waals surface area contributed by atoms with E-state index in [9.17, 15) is 9.59 Å². The SMILES string of the molecule is CC(=O)OC[C@@H]1C(=O)[C@]2(C)CC[C@H]1C2(C)C. The van der Waals surface area contributed by atoms with Crippen LogP contribution in [0.15, 0.2) is 0 Å². The van der Waals surface area contributed by atoms with Gasteiger partial charge in [-0.25, -0.2) is 0 Å². The summed E-state index contributed by atoms with van der Waals surface area (Å²) in [5.74, 6) is 0.315. The molecule has 3 atom stereocenters. The number of ketones is 1. The van der Waals surface area contributed by atoms with Gasteiger partial charge in [-0.2, -0.15) is 0 Å². The van der Waals surface area contributed by atoms with Gasteiger partial charge in [0, 0.05) is 12.3 Å². The lowest BCUT2D eigenvalue weighted by Crippen LogP contribution is -2.34. The first kappa shape index (κ1) is 11.6. The van der Waals surface area contributed by atoms with E-state index in [0.29, 0.717) is 11.7 Å². The third-order valence-corrected chi connectivity index (χ3v) is 5.14. The van der Waals surface area contributed by atoms with Crippen LogP contribution in [0.3, 0.4) is 0 Å². The van der Waals surface area contributed by atoms with E-state index < -0.39 is 0 Å². The predicted octanol–water partition coefficient (Wildman–Crippen LogP) is 2.19. The Balaban J connectivity index is 2.20. The van der Waals surface area contributed by atoms with Gasteiger partial charge in [0.1, 0.15) is 12.4 Å². The molecule has 2 aliphatic carbocycles. The molecule has 0 radical (unpaired) electrons. The molecule has 0 N–H and O–H groups in total. The normalized spacial score (nSPS) is 40.1. The molecule has 2 saturated carbocycles. The van der Waals surface area contributed by atoms with Gasteiger partial charge in [-0.15, -0.1) is 0 Å². The molecule has 0 aliphatic heterocycles. The highest BCUT2D eigenvalue weighted by Crippen LogP contribution is 2.65. The topological polar surface area (TPSA) is 43.4 Å². The van der Waals surface area contributed by atoms with Crippen molar-refractivity contribution >= 4 is 11.8 Å². The number of ether oxygens (including phenoxy) is 1. The summed E-state index contributed by atoms with van der Waals surface area (Å²) in [6, 6.07) is 0. The molecule has 2 fully saturated rings. The van der Waals surface area contributed by atoms with Crippen LogP contribution in [0.5, 0.6) is 0 Å². The van der Waals surface area contributed by atoms with Crippen molar-refractivity contribution in [3.8, 4) is 0 Å². The molecule has 0 saturated heterocycles. The van der Waals surface area contributed by atoms with E-state index in [1.807, 2.05) is 0 Å². The molecule has 0 aromatic heterocycles. The Hall–Kier alpha value is -0.860. The molecule has 0 aromatic carbocycles. The summed E-state index contributed by atoms with van der Waals surface area (Å²) in [6.07, 6.45) is 2.07. The minimum absolute atomic E-state index is 0.0505. The highest BCUT2D eigenvalue weighted by molar-refractivity contribution is 5.91. The average molecular weight is 224 g/mol. The Labute approximate surface area is 96.5 Å². The van der Waals surface area contributed by atoms with Crippen molar-refractivity contribution in [2.75, 3.05) is 6.61 Å². The molecule has 0 amide bonds. The van der Waals surface area contributed by atoms with Crippen molar-refractivity contribution in [1.29, 1.82) is 0 Å². The number of esters is 1. The fourth-order valence-electron chi connectivity index (χ4n) is 3.67. The molecule has 16 heavy (non-hydrogen) atoms. The third-order valence-electron chi connectivity index (χ3n) is 5.14. The lowest BCUT2D eigenvalue weighted by Gasteiger charge is -2.32. The Kier molecular flexibility index (Phi) is 2.41. The van der Waals surface area contributed by atoms with Crippen LogP contribution in [0.2, 0.25) is 0 Å². The van der Waals surface area contributed by atoms with Crippen molar-refractivity contribution in [1.82, 2.24) is 0 Å². The van der Waals surface area contributed by atoms with Crippen LogP contribution in [0.25, 0.3) is 0 Å². The zero-order valence-electron chi connectivity index (χ0n) is 10.5. The van der Waals surface area contributed by atoms with Crippen molar-refractivity contribution in [3.63, 3.8) is 0 Å². The van der Waals surface area contributed by atoms with Gasteiger partial charge in [-0.3, -0.25) is 9.59 Å². The summed E-state index contributed by atoms with van der Waals surface area (Å²) < 4.78 is 5.03. The van der Waals surface area contributed by atoms with E-state index >= 15 is 0 Å². The molecule has 0 spiro atoms. The number of hydrogen-bond acceptors (Lipinski definition) is 3. The Bertz CT molecular complexity index is 345. The number of hydrogen-bond donors (Lipinski definition) is 0. The van der Waals surface area contributed by atoms with Crippen LogP contribution in [-0.4, -0.2) is 18.4 Å². The molecule has 3 nitrogen and oxygen atoms in total. The molecule has 2 aliphatic rings. The minimum Gasteiger partial charge on any atom is -0.465 e. The van der Waals surface area contributed by atoms with Gasteiger partial charge >= 0.3 is 5.97 Å². The number of rotatable bonds is 2. The summed E-state index contributed by atoms with van der Waals surface area (Å²) in [6.45, 7) is 8.10. The Morgan fingerprint density at radius 3 is 2.50 bits per heavy atom. The van der Waals surface area contributed by atoms with Gasteiger partial charge in [0.2, 0.25) is 0 Å². The first-order valence-electron chi connectivity index (χ1n) is 5.98. The van der Waals surface area contributed by atoms with Crippen LogP contribution in [0.1, 0.15) is 40.5 Å². The molecule has 0 unspecified atom stereocenters. The van der Waals surface area contributed by atoms with Crippen LogP contribution in [-0.2, 0) is 14.3 Å². The zero-order valence-corrected chi connectivity index (χ0v) is 10.5.